The molecule has 4 heteroatoms. The van der Waals surface area contributed by atoms with Crippen LogP contribution in [0.4, 0.5) is 5.69 Å². The molecule has 96 valence electrons. The van der Waals surface area contributed by atoms with Gasteiger partial charge in [0, 0.05) is 24.0 Å². The Morgan fingerprint density at radius 1 is 1.44 bits per heavy atom. The van der Waals surface area contributed by atoms with Crippen molar-refractivity contribution in [3.05, 3.63) is 47.8 Å². The Morgan fingerprint density at radius 3 is 2.94 bits per heavy atom. The second-order valence-corrected chi connectivity index (χ2v) is 4.35. The number of hydrogen-bond acceptors (Lipinski definition) is 3. The smallest absolute Gasteiger partial charge is 0.0682 e. The summed E-state index contributed by atoms with van der Waals surface area (Å²) in [5, 5.41) is 16.8. The number of nitrogens with one attached hydrogen (secondary N) is 1. The molecule has 0 aliphatic carbocycles. The van der Waals surface area contributed by atoms with Crippen molar-refractivity contribution in [2.45, 2.75) is 33.0 Å². The molecule has 0 aliphatic rings. The van der Waals surface area contributed by atoms with E-state index in [2.05, 4.69) is 24.3 Å². The molecule has 0 saturated heterocycles. The third kappa shape index (κ3) is 2.90. The average Bonchev–Trinajstić information content (AvgIpc) is 2.88. The van der Waals surface area contributed by atoms with Gasteiger partial charge in [-0.3, -0.25) is 4.68 Å². The highest BCUT2D eigenvalue weighted by Crippen LogP contribution is 2.19. The van der Waals surface area contributed by atoms with Gasteiger partial charge in [-0.05, 0) is 31.5 Å². The highest BCUT2D eigenvalue weighted by atomic mass is 16.3. The number of benzene rings is 1. The van der Waals surface area contributed by atoms with Crippen molar-refractivity contribution in [1.29, 1.82) is 0 Å². The van der Waals surface area contributed by atoms with Gasteiger partial charge in [-0.15, -0.1) is 0 Å². The summed E-state index contributed by atoms with van der Waals surface area (Å²) in [5.74, 6) is 0. The van der Waals surface area contributed by atoms with Gasteiger partial charge < -0.3 is 10.4 Å². The van der Waals surface area contributed by atoms with Crippen molar-refractivity contribution in [3.8, 4) is 0 Å². The highest BCUT2D eigenvalue weighted by molar-refractivity contribution is 5.47. The third-order valence-corrected chi connectivity index (χ3v) is 2.97. The van der Waals surface area contributed by atoms with Gasteiger partial charge in [0.2, 0.25) is 0 Å². The first-order chi connectivity index (χ1) is 8.72. The Labute approximate surface area is 107 Å². The summed E-state index contributed by atoms with van der Waals surface area (Å²) >= 11 is 0. The molecule has 1 atom stereocenters. The van der Waals surface area contributed by atoms with Crippen LogP contribution in [-0.4, -0.2) is 14.9 Å². The Morgan fingerprint density at radius 2 is 2.28 bits per heavy atom. The van der Waals surface area contributed by atoms with Crippen LogP contribution in [0.15, 0.2) is 36.7 Å². The van der Waals surface area contributed by atoms with E-state index in [-0.39, 0.29) is 12.6 Å². The number of aryl methyl sites for hydroxylation is 1. The lowest BCUT2D eigenvalue weighted by Gasteiger charge is -2.14. The Bertz CT molecular complexity index is 507. The molecule has 18 heavy (non-hydrogen) atoms. The second-order valence-electron chi connectivity index (χ2n) is 4.35. The molecule has 0 fully saturated rings. The highest BCUT2D eigenvalue weighted by Gasteiger charge is 2.07. The maximum absolute atomic E-state index is 9.11. The summed E-state index contributed by atoms with van der Waals surface area (Å²) in [6.07, 6.45) is 3.94. The van der Waals surface area contributed by atoms with E-state index in [0.29, 0.717) is 0 Å². The summed E-state index contributed by atoms with van der Waals surface area (Å²) in [6.45, 7) is 5.12. The van der Waals surface area contributed by atoms with Crippen LogP contribution in [0.3, 0.4) is 0 Å². The van der Waals surface area contributed by atoms with Crippen molar-refractivity contribution in [1.82, 2.24) is 9.78 Å². The molecule has 2 aromatic rings. The van der Waals surface area contributed by atoms with E-state index in [1.54, 1.807) is 0 Å². The monoisotopic (exact) mass is 245 g/mol. The van der Waals surface area contributed by atoms with Crippen molar-refractivity contribution in [2.75, 3.05) is 5.32 Å². The van der Waals surface area contributed by atoms with Crippen LogP contribution in [0.5, 0.6) is 0 Å². The standard InChI is InChI=1S/C14H19N3O/c1-3-17-9-13(8-15-17)11(2)16-14-6-4-5-12(7-14)10-18/h4-9,11,16,18H,3,10H2,1-2H3. The van der Waals surface area contributed by atoms with E-state index in [1.165, 1.54) is 0 Å². The SMILES string of the molecule is CCn1cc(C(C)Nc2cccc(CO)c2)cn1. The average molecular weight is 245 g/mol. The Balaban J connectivity index is 2.08. The van der Waals surface area contributed by atoms with E-state index in [0.717, 1.165) is 23.4 Å². The van der Waals surface area contributed by atoms with Gasteiger partial charge in [0.15, 0.2) is 0 Å². The first kappa shape index (κ1) is 12.6. The zero-order valence-corrected chi connectivity index (χ0v) is 10.8. The molecule has 2 rings (SSSR count). The molecule has 1 aromatic heterocycles. The second kappa shape index (κ2) is 5.69. The van der Waals surface area contributed by atoms with E-state index in [1.807, 2.05) is 41.3 Å². The predicted octanol–water partition coefficient (Wildman–Crippen LogP) is 2.57. The van der Waals surface area contributed by atoms with Crippen LogP contribution in [0.1, 0.15) is 31.0 Å². The predicted molar refractivity (Wildman–Crippen MR) is 72.3 cm³/mol. The fourth-order valence-corrected chi connectivity index (χ4v) is 1.87. The van der Waals surface area contributed by atoms with Crippen molar-refractivity contribution in [2.24, 2.45) is 0 Å². The molecular weight excluding hydrogens is 226 g/mol. The van der Waals surface area contributed by atoms with Gasteiger partial charge in [-0.1, -0.05) is 12.1 Å². The minimum absolute atomic E-state index is 0.0671. The van der Waals surface area contributed by atoms with Crippen LogP contribution in [0.25, 0.3) is 0 Å². The lowest BCUT2D eigenvalue weighted by atomic mass is 10.1. The van der Waals surface area contributed by atoms with E-state index >= 15 is 0 Å². The number of aliphatic hydroxyl groups excluding tert-OH is 1. The van der Waals surface area contributed by atoms with E-state index < -0.39 is 0 Å². The Kier molecular flexibility index (Phi) is 3.99. The summed E-state index contributed by atoms with van der Waals surface area (Å²) in [5.41, 5.74) is 3.08. The quantitative estimate of drug-likeness (QED) is 0.851. The molecular formula is C14H19N3O. The lowest BCUT2D eigenvalue weighted by Crippen LogP contribution is -2.06. The zero-order valence-electron chi connectivity index (χ0n) is 10.8. The topological polar surface area (TPSA) is 50.1 Å². The number of nitrogens with zero attached hydrogens (tertiary/aromatic N) is 2. The molecule has 0 spiro atoms. The van der Waals surface area contributed by atoms with Crippen LogP contribution < -0.4 is 5.32 Å². The maximum Gasteiger partial charge on any atom is 0.0682 e. The number of aliphatic hydroxyl groups is 1. The van der Waals surface area contributed by atoms with Crippen LogP contribution >= 0.6 is 0 Å². The molecule has 1 heterocycles. The van der Waals surface area contributed by atoms with Gasteiger partial charge in [0.1, 0.15) is 0 Å². The summed E-state index contributed by atoms with van der Waals surface area (Å²) in [6, 6.07) is 8.00. The summed E-state index contributed by atoms with van der Waals surface area (Å²) in [7, 11) is 0. The van der Waals surface area contributed by atoms with E-state index in [4.69, 9.17) is 5.11 Å². The molecule has 1 unspecified atom stereocenters. The van der Waals surface area contributed by atoms with Gasteiger partial charge in [0.25, 0.3) is 0 Å². The first-order valence-electron chi connectivity index (χ1n) is 6.21. The minimum atomic E-state index is 0.0671. The molecule has 0 bridgehead atoms. The van der Waals surface area contributed by atoms with Gasteiger partial charge in [-0.25, -0.2) is 0 Å². The van der Waals surface area contributed by atoms with Crippen LogP contribution in [0.2, 0.25) is 0 Å². The molecule has 4 nitrogen and oxygen atoms in total. The normalized spacial score (nSPS) is 12.4. The lowest BCUT2D eigenvalue weighted by molar-refractivity contribution is 0.282. The van der Waals surface area contributed by atoms with Crippen molar-refractivity contribution < 1.29 is 5.11 Å². The molecule has 0 radical (unpaired) electrons. The maximum atomic E-state index is 9.11. The van der Waals surface area contributed by atoms with Crippen molar-refractivity contribution >= 4 is 5.69 Å². The van der Waals surface area contributed by atoms with E-state index in [9.17, 15) is 0 Å². The third-order valence-electron chi connectivity index (χ3n) is 2.97. The molecule has 0 aliphatic heterocycles. The largest absolute Gasteiger partial charge is 0.392 e. The molecule has 2 N–H and O–H groups in total. The zero-order chi connectivity index (χ0) is 13.0. The summed E-state index contributed by atoms with van der Waals surface area (Å²) < 4.78 is 1.91. The molecule has 0 saturated carbocycles. The number of anilines is 1. The summed E-state index contributed by atoms with van der Waals surface area (Å²) in [4.78, 5) is 0. The van der Waals surface area contributed by atoms with Crippen molar-refractivity contribution in [3.63, 3.8) is 0 Å². The molecule has 0 amide bonds. The van der Waals surface area contributed by atoms with Crippen LogP contribution in [-0.2, 0) is 13.2 Å². The van der Waals surface area contributed by atoms with Crippen LogP contribution in [0, 0.1) is 0 Å². The number of aromatic nitrogens is 2. The minimum Gasteiger partial charge on any atom is -0.392 e. The van der Waals surface area contributed by atoms with Gasteiger partial charge in [-0.2, -0.15) is 5.10 Å². The van der Waals surface area contributed by atoms with Gasteiger partial charge >= 0.3 is 0 Å². The first-order valence-corrected chi connectivity index (χ1v) is 6.21. The fourth-order valence-electron chi connectivity index (χ4n) is 1.87. The Hall–Kier alpha value is -1.81. The number of rotatable bonds is 5. The number of hydrogen-bond donors (Lipinski definition) is 2. The van der Waals surface area contributed by atoms with Gasteiger partial charge in [0.05, 0.1) is 18.8 Å². The molecule has 1 aromatic carbocycles. The fraction of sp³-hybridized carbons (Fsp3) is 0.357.